The van der Waals surface area contributed by atoms with Gasteiger partial charge in [0.25, 0.3) is 0 Å². The molecule has 0 bridgehead atoms. The van der Waals surface area contributed by atoms with Crippen molar-refractivity contribution in [2.45, 2.75) is 25.6 Å². The maximum absolute atomic E-state index is 6.35. The van der Waals surface area contributed by atoms with Crippen LogP contribution in [0.15, 0.2) is 84.0 Å². The SMILES string of the molecule is Cc1ccc(C2=NN3[C@@H](C2)c2ccccc2O[C@H]3c2ccccc2)cc1. The van der Waals surface area contributed by atoms with Crippen LogP contribution in [0.1, 0.15) is 40.9 Å². The predicted octanol–water partition coefficient (Wildman–Crippen LogP) is 5.24. The van der Waals surface area contributed by atoms with Crippen molar-refractivity contribution in [1.82, 2.24) is 5.01 Å². The van der Waals surface area contributed by atoms with Gasteiger partial charge in [-0.1, -0.05) is 78.4 Å². The summed E-state index contributed by atoms with van der Waals surface area (Å²) >= 11 is 0. The maximum atomic E-state index is 6.35. The van der Waals surface area contributed by atoms with E-state index in [1.54, 1.807) is 0 Å². The summed E-state index contributed by atoms with van der Waals surface area (Å²) in [4.78, 5) is 0. The van der Waals surface area contributed by atoms with Crippen LogP contribution in [-0.2, 0) is 0 Å². The molecule has 0 aliphatic carbocycles. The number of nitrogens with zero attached hydrogens (tertiary/aromatic N) is 2. The van der Waals surface area contributed by atoms with Crippen LogP contribution >= 0.6 is 0 Å². The standard InChI is InChI=1S/C23H20N2O/c1-16-11-13-17(14-12-16)20-15-21-19-9-5-6-10-22(19)26-23(25(21)24-20)18-7-3-2-4-8-18/h2-14,21,23H,15H2,1H3/t21-,23-/m0/s1. The summed E-state index contributed by atoms with van der Waals surface area (Å²) in [5, 5.41) is 7.12. The third-order valence-corrected chi connectivity index (χ3v) is 5.17. The Kier molecular flexibility index (Phi) is 3.52. The highest BCUT2D eigenvalue weighted by atomic mass is 16.5. The minimum atomic E-state index is -0.195. The van der Waals surface area contributed by atoms with E-state index < -0.39 is 0 Å². The normalized spacial score (nSPS) is 20.8. The number of benzene rings is 3. The minimum absolute atomic E-state index is 0.195. The van der Waals surface area contributed by atoms with Crippen molar-refractivity contribution in [2.24, 2.45) is 5.10 Å². The van der Waals surface area contributed by atoms with Crippen LogP contribution in [0.5, 0.6) is 5.75 Å². The zero-order chi connectivity index (χ0) is 17.5. The molecule has 0 aromatic heterocycles. The summed E-state index contributed by atoms with van der Waals surface area (Å²) in [6.07, 6.45) is 0.700. The molecule has 2 aliphatic rings. The number of rotatable bonds is 2. The average molecular weight is 340 g/mol. The number of hydrogen-bond donors (Lipinski definition) is 0. The van der Waals surface area contributed by atoms with Crippen molar-refractivity contribution in [3.8, 4) is 5.75 Å². The van der Waals surface area contributed by atoms with Crippen LogP contribution in [0.2, 0.25) is 0 Å². The van der Waals surface area contributed by atoms with Crippen molar-refractivity contribution in [2.75, 3.05) is 0 Å². The smallest absolute Gasteiger partial charge is 0.213 e. The van der Waals surface area contributed by atoms with Crippen molar-refractivity contribution in [3.05, 3.63) is 101 Å². The van der Waals surface area contributed by atoms with Crippen molar-refractivity contribution in [3.63, 3.8) is 0 Å². The second-order valence-corrected chi connectivity index (χ2v) is 6.93. The topological polar surface area (TPSA) is 24.8 Å². The molecule has 3 aromatic carbocycles. The van der Waals surface area contributed by atoms with E-state index in [4.69, 9.17) is 9.84 Å². The lowest BCUT2D eigenvalue weighted by Crippen LogP contribution is -2.33. The van der Waals surface area contributed by atoms with E-state index in [1.165, 1.54) is 16.7 Å². The lowest BCUT2D eigenvalue weighted by Gasteiger charge is -2.38. The summed E-state index contributed by atoms with van der Waals surface area (Å²) in [7, 11) is 0. The molecule has 0 radical (unpaired) electrons. The van der Waals surface area contributed by atoms with Gasteiger partial charge < -0.3 is 4.74 Å². The highest BCUT2D eigenvalue weighted by Gasteiger charge is 2.40. The van der Waals surface area contributed by atoms with Gasteiger partial charge in [-0.2, -0.15) is 5.10 Å². The molecule has 0 spiro atoms. The second-order valence-electron chi connectivity index (χ2n) is 6.93. The van der Waals surface area contributed by atoms with E-state index in [0.717, 1.165) is 23.4 Å². The molecule has 3 heteroatoms. The molecule has 26 heavy (non-hydrogen) atoms. The van der Waals surface area contributed by atoms with Gasteiger partial charge in [0.2, 0.25) is 6.23 Å². The van der Waals surface area contributed by atoms with Gasteiger partial charge in [-0.05, 0) is 18.6 Å². The van der Waals surface area contributed by atoms with Crippen molar-refractivity contribution in [1.29, 1.82) is 0 Å². The second kappa shape index (κ2) is 6.03. The molecule has 128 valence electrons. The minimum Gasteiger partial charge on any atom is -0.464 e. The molecule has 2 aliphatic heterocycles. The summed E-state index contributed by atoms with van der Waals surface area (Å²) < 4.78 is 6.35. The molecular formula is C23H20N2O. The molecule has 0 unspecified atom stereocenters. The Bertz CT molecular complexity index is 963. The zero-order valence-electron chi connectivity index (χ0n) is 14.7. The fraction of sp³-hybridized carbons (Fsp3) is 0.174. The maximum Gasteiger partial charge on any atom is 0.213 e. The Labute approximate surface area is 153 Å². The molecule has 5 rings (SSSR count). The highest BCUT2D eigenvalue weighted by molar-refractivity contribution is 6.02. The fourth-order valence-electron chi connectivity index (χ4n) is 3.79. The third kappa shape index (κ3) is 2.48. The summed E-state index contributed by atoms with van der Waals surface area (Å²) in [5.74, 6) is 0.961. The summed E-state index contributed by atoms with van der Waals surface area (Å²) in [6, 6.07) is 27.5. The molecular weight excluding hydrogens is 320 g/mol. The molecule has 0 N–H and O–H groups in total. The van der Waals surface area contributed by atoms with Gasteiger partial charge in [0.05, 0.1) is 11.8 Å². The van der Waals surface area contributed by atoms with Crippen LogP contribution in [0.25, 0.3) is 0 Å². The average Bonchev–Trinajstić information content (AvgIpc) is 3.14. The summed E-state index contributed by atoms with van der Waals surface area (Å²) in [5.41, 5.74) is 5.91. The van der Waals surface area contributed by atoms with E-state index in [-0.39, 0.29) is 12.3 Å². The molecule has 0 amide bonds. The van der Waals surface area contributed by atoms with Crippen LogP contribution < -0.4 is 4.74 Å². The fourth-order valence-corrected chi connectivity index (χ4v) is 3.79. The Morgan fingerprint density at radius 2 is 1.62 bits per heavy atom. The lowest BCUT2D eigenvalue weighted by molar-refractivity contribution is -0.0190. The number of fused-ring (bicyclic) bond motifs is 3. The highest BCUT2D eigenvalue weighted by Crippen LogP contribution is 2.47. The molecule has 0 fully saturated rings. The Morgan fingerprint density at radius 3 is 2.42 bits per heavy atom. The van der Waals surface area contributed by atoms with Crippen molar-refractivity contribution < 1.29 is 4.74 Å². The van der Waals surface area contributed by atoms with Gasteiger partial charge in [-0.3, -0.25) is 0 Å². The van der Waals surface area contributed by atoms with E-state index in [1.807, 2.05) is 12.1 Å². The monoisotopic (exact) mass is 340 g/mol. The van der Waals surface area contributed by atoms with E-state index in [9.17, 15) is 0 Å². The van der Waals surface area contributed by atoms with Crippen LogP contribution in [-0.4, -0.2) is 10.7 Å². The lowest BCUT2D eigenvalue weighted by atomic mass is 9.95. The summed E-state index contributed by atoms with van der Waals surface area (Å²) in [6.45, 7) is 2.11. The number of aryl methyl sites for hydroxylation is 1. The molecule has 0 saturated heterocycles. The first-order valence-electron chi connectivity index (χ1n) is 9.03. The Morgan fingerprint density at radius 1 is 0.885 bits per heavy atom. The number of hydrazone groups is 1. The van der Waals surface area contributed by atoms with Gasteiger partial charge in [-0.15, -0.1) is 0 Å². The zero-order valence-corrected chi connectivity index (χ0v) is 14.7. The first-order valence-corrected chi connectivity index (χ1v) is 9.03. The van der Waals surface area contributed by atoms with E-state index >= 15 is 0 Å². The Hall–Kier alpha value is -3.07. The molecule has 3 nitrogen and oxygen atoms in total. The van der Waals surface area contributed by atoms with E-state index in [2.05, 4.69) is 78.7 Å². The van der Waals surface area contributed by atoms with Gasteiger partial charge in [-0.25, -0.2) is 5.01 Å². The van der Waals surface area contributed by atoms with Crippen LogP contribution in [0.3, 0.4) is 0 Å². The van der Waals surface area contributed by atoms with Crippen molar-refractivity contribution >= 4 is 5.71 Å². The number of ether oxygens (including phenoxy) is 1. The van der Waals surface area contributed by atoms with Gasteiger partial charge in [0, 0.05) is 17.5 Å². The van der Waals surface area contributed by atoms with Gasteiger partial charge >= 0.3 is 0 Å². The predicted molar refractivity (Wildman–Crippen MR) is 103 cm³/mol. The van der Waals surface area contributed by atoms with Crippen LogP contribution in [0.4, 0.5) is 0 Å². The quantitative estimate of drug-likeness (QED) is 0.637. The molecule has 2 heterocycles. The number of hydrogen-bond acceptors (Lipinski definition) is 3. The van der Waals surface area contributed by atoms with Gasteiger partial charge in [0.1, 0.15) is 5.75 Å². The number of para-hydroxylation sites is 1. The molecule has 0 saturated carbocycles. The molecule has 3 aromatic rings. The van der Waals surface area contributed by atoms with E-state index in [0.29, 0.717) is 0 Å². The van der Waals surface area contributed by atoms with Gasteiger partial charge in [0.15, 0.2) is 0 Å². The largest absolute Gasteiger partial charge is 0.464 e. The first-order chi connectivity index (χ1) is 12.8. The van der Waals surface area contributed by atoms with Crippen LogP contribution in [0, 0.1) is 6.92 Å². The Balaban J connectivity index is 1.59. The first kappa shape index (κ1) is 15.2. The third-order valence-electron chi connectivity index (χ3n) is 5.17. The molecule has 2 atom stereocenters.